The third kappa shape index (κ3) is 2.32. The van der Waals surface area contributed by atoms with Crippen molar-refractivity contribution in [1.29, 1.82) is 0 Å². The first-order valence-corrected chi connectivity index (χ1v) is 9.96. The summed E-state index contributed by atoms with van der Waals surface area (Å²) in [6.45, 7) is 8.12. The number of nitrogens with zero attached hydrogens (tertiary/aromatic N) is 1. The zero-order valence-corrected chi connectivity index (χ0v) is 16.4. The highest BCUT2D eigenvalue weighted by atomic mass is 16.2. The number of fused-ring (bicyclic) bond motifs is 4. The Kier molecular flexibility index (Phi) is 4.14. The Balaban J connectivity index is 1.87. The van der Waals surface area contributed by atoms with Gasteiger partial charge in [-0.05, 0) is 25.3 Å². The molecule has 6 nitrogen and oxygen atoms in total. The van der Waals surface area contributed by atoms with Crippen molar-refractivity contribution in [2.75, 3.05) is 5.32 Å². The number of para-hydroxylation sites is 1. The van der Waals surface area contributed by atoms with E-state index in [0.717, 1.165) is 17.7 Å². The van der Waals surface area contributed by atoms with Crippen molar-refractivity contribution in [1.82, 2.24) is 4.90 Å². The summed E-state index contributed by atoms with van der Waals surface area (Å²) >= 11 is 0. The van der Waals surface area contributed by atoms with Crippen LogP contribution in [0.2, 0.25) is 0 Å². The lowest BCUT2D eigenvalue weighted by Gasteiger charge is -2.28. The van der Waals surface area contributed by atoms with Crippen molar-refractivity contribution >= 4 is 23.4 Å². The van der Waals surface area contributed by atoms with Gasteiger partial charge in [-0.2, -0.15) is 0 Å². The number of carbonyl (C=O) groups is 3. The minimum absolute atomic E-state index is 0.0718. The number of rotatable bonds is 4. The fourth-order valence-corrected chi connectivity index (χ4v) is 5.32. The van der Waals surface area contributed by atoms with E-state index < -0.39 is 17.4 Å². The van der Waals surface area contributed by atoms with E-state index in [-0.39, 0.29) is 29.8 Å². The third-order valence-corrected chi connectivity index (χ3v) is 6.59. The lowest BCUT2D eigenvalue weighted by atomic mass is 9.76. The van der Waals surface area contributed by atoms with Crippen LogP contribution in [-0.2, 0) is 19.9 Å². The average Bonchev–Trinajstić information content (AvgIpc) is 3.19. The first-order valence-electron chi connectivity index (χ1n) is 9.96. The number of imide groups is 1. The van der Waals surface area contributed by atoms with Gasteiger partial charge in [-0.25, -0.2) is 0 Å². The predicted octanol–water partition coefficient (Wildman–Crippen LogP) is 1.23. The summed E-state index contributed by atoms with van der Waals surface area (Å²) in [6.07, 6.45) is 1.51. The highest BCUT2D eigenvalue weighted by Gasteiger charge is 2.74. The van der Waals surface area contributed by atoms with Gasteiger partial charge in [0.1, 0.15) is 17.9 Å². The van der Waals surface area contributed by atoms with E-state index in [1.807, 2.05) is 43.4 Å². The molecule has 3 N–H and O–H groups in total. The molecule has 0 saturated carbocycles. The number of anilines is 1. The highest BCUT2D eigenvalue weighted by Crippen LogP contribution is 2.50. The maximum atomic E-state index is 13.5. The van der Waals surface area contributed by atoms with Crippen LogP contribution in [-0.4, -0.2) is 34.7 Å². The van der Waals surface area contributed by atoms with Gasteiger partial charge in [0, 0.05) is 18.0 Å². The predicted molar refractivity (Wildman–Crippen MR) is 101 cm³/mol. The SMILES string of the molecule is CC[C@@H](C)N1C(=O)[C@@H]2[C@H](CC(C)C)[NH2+][C@@]3(C(=O)Nc4ccccc43)[C@@H]2C1=O. The van der Waals surface area contributed by atoms with Crippen molar-refractivity contribution in [3.8, 4) is 0 Å². The van der Waals surface area contributed by atoms with Crippen LogP contribution in [0.3, 0.4) is 0 Å². The van der Waals surface area contributed by atoms with Gasteiger partial charge < -0.3 is 10.6 Å². The molecule has 0 bridgehead atoms. The maximum absolute atomic E-state index is 13.5. The van der Waals surface area contributed by atoms with Crippen molar-refractivity contribution < 1.29 is 19.7 Å². The molecule has 6 heteroatoms. The zero-order chi connectivity index (χ0) is 19.5. The number of quaternary nitrogens is 1. The zero-order valence-electron chi connectivity index (χ0n) is 16.4. The summed E-state index contributed by atoms with van der Waals surface area (Å²) in [5.41, 5.74) is 0.559. The largest absolute Gasteiger partial charge is 0.326 e. The summed E-state index contributed by atoms with van der Waals surface area (Å²) < 4.78 is 0. The van der Waals surface area contributed by atoms with Crippen molar-refractivity contribution in [2.45, 2.75) is 58.2 Å². The molecule has 2 fully saturated rings. The molecule has 2 saturated heterocycles. The van der Waals surface area contributed by atoms with Crippen LogP contribution in [0, 0.1) is 17.8 Å². The summed E-state index contributed by atoms with van der Waals surface area (Å²) in [7, 11) is 0. The Bertz CT molecular complexity index is 821. The molecule has 3 amide bonds. The topological polar surface area (TPSA) is 83.1 Å². The molecular formula is C21H28N3O3+. The van der Waals surface area contributed by atoms with Gasteiger partial charge in [-0.15, -0.1) is 0 Å². The Hall–Kier alpha value is -2.21. The molecule has 3 aliphatic heterocycles. The molecule has 1 aromatic rings. The van der Waals surface area contributed by atoms with Gasteiger partial charge in [0.25, 0.3) is 5.91 Å². The number of nitrogens with one attached hydrogen (secondary N) is 1. The Morgan fingerprint density at radius 1 is 1.15 bits per heavy atom. The van der Waals surface area contributed by atoms with E-state index >= 15 is 0 Å². The van der Waals surface area contributed by atoms with Crippen molar-refractivity contribution in [3.63, 3.8) is 0 Å². The van der Waals surface area contributed by atoms with Gasteiger partial charge in [0.2, 0.25) is 17.4 Å². The number of hydrogen-bond donors (Lipinski definition) is 2. The molecule has 0 unspecified atom stereocenters. The standard InChI is InChI=1S/C21H27N3O3/c1-5-12(4)24-18(25)16-15(10-11(2)3)23-21(17(16)19(24)26)13-8-6-7-9-14(13)22-20(21)27/h6-9,11-12,15-17,23H,5,10H2,1-4H3,(H,22,27)/p+1/t12-,15+,16-,17+,21-/m1/s1. The third-order valence-electron chi connectivity index (χ3n) is 6.59. The van der Waals surface area contributed by atoms with Gasteiger partial charge in [-0.3, -0.25) is 19.3 Å². The van der Waals surface area contributed by atoms with E-state index in [1.54, 1.807) is 0 Å². The molecule has 5 atom stereocenters. The van der Waals surface area contributed by atoms with Crippen molar-refractivity contribution in [3.05, 3.63) is 29.8 Å². The molecule has 144 valence electrons. The number of nitrogens with two attached hydrogens (primary N) is 1. The lowest BCUT2D eigenvalue weighted by Crippen LogP contribution is -2.99. The van der Waals surface area contributed by atoms with Crippen LogP contribution in [0.25, 0.3) is 0 Å². The second kappa shape index (κ2) is 6.16. The number of amides is 3. The Labute approximate surface area is 159 Å². The highest BCUT2D eigenvalue weighted by molar-refractivity contribution is 6.14. The molecule has 3 aliphatic rings. The van der Waals surface area contributed by atoms with Crippen LogP contribution in [0.15, 0.2) is 24.3 Å². The summed E-state index contributed by atoms with van der Waals surface area (Å²) in [5, 5.41) is 4.98. The number of carbonyl (C=O) groups excluding carboxylic acids is 3. The van der Waals surface area contributed by atoms with E-state index in [0.29, 0.717) is 12.3 Å². The van der Waals surface area contributed by atoms with Gasteiger partial charge in [0.05, 0.1) is 5.69 Å². The molecule has 27 heavy (non-hydrogen) atoms. The van der Waals surface area contributed by atoms with Gasteiger partial charge in [-0.1, -0.05) is 39.0 Å². The summed E-state index contributed by atoms with van der Waals surface area (Å²) in [4.78, 5) is 41.4. The summed E-state index contributed by atoms with van der Waals surface area (Å²) in [6, 6.07) is 7.34. The maximum Gasteiger partial charge on any atom is 0.291 e. The van der Waals surface area contributed by atoms with Crippen LogP contribution < -0.4 is 10.6 Å². The fraction of sp³-hybridized carbons (Fsp3) is 0.571. The van der Waals surface area contributed by atoms with Crippen LogP contribution in [0.1, 0.15) is 46.1 Å². The molecule has 0 radical (unpaired) electrons. The normalized spacial score (nSPS) is 33.0. The average molecular weight is 370 g/mol. The Morgan fingerprint density at radius 2 is 1.85 bits per heavy atom. The minimum Gasteiger partial charge on any atom is -0.326 e. The van der Waals surface area contributed by atoms with Gasteiger partial charge >= 0.3 is 0 Å². The van der Waals surface area contributed by atoms with Crippen LogP contribution in [0.5, 0.6) is 0 Å². The second-order valence-electron chi connectivity index (χ2n) is 8.64. The van der Waals surface area contributed by atoms with E-state index in [1.165, 1.54) is 4.90 Å². The quantitative estimate of drug-likeness (QED) is 0.782. The van der Waals surface area contributed by atoms with E-state index in [9.17, 15) is 14.4 Å². The number of likely N-dealkylation sites (tertiary alicyclic amines) is 1. The number of hydrogen-bond acceptors (Lipinski definition) is 3. The summed E-state index contributed by atoms with van der Waals surface area (Å²) in [5.74, 6) is -1.15. The molecule has 0 aliphatic carbocycles. The Morgan fingerprint density at radius 3 is 2.52 bits per heavy atom. The van der Waals surface area contributed by atoms with E-state index in [2.05, 4.69) is 19.2 Å². The molecule has 1 spiro atoms. The molecule has 1 aromatic carbocycles. The molecular weight excluding hydrogens is 342 g/mol. The lowest BCUT2D eigenvalue weighted by molar-refractivity contribution is -0.734. The smallest absolute Gasteiger partial charge is 0.291 e. The fourth-order valence-electron chi connectivity index (χ4n) is 5.32. The van der Waals surface area contributed by atoms with E-state index in [4.69, 9.17) is 0 Å². The molecule has 0 aromatic heterocycles. The molecule has 4 rings (SSSR count). The van der Waals surface area contributed by atoms with Gasteiger partial charge in [0.15, 0.2) is 0 Å². The first kappa shape index (κ1) is 18.2. The molecule has 3 heterocycles. The van der Waals surface area contributed by atoms with Crippen LogP contribution in [0.4, 0.5) is 5.69 Å². The monoisotopic (exact) mass is 370 g/mol. The van der Waals surface area contributed by atoms with Crippen molar-refractivity contribution in [2.24, 2.45) is 17.8 Å². The minimum atomic E-state index is -1.03. The first-order chi connectivity index (χ1) is 12.8. The second-order valence-corrected chi connectivity index (χ2v) is 8.64. The number of benzene rings is 1. The van der Waals surface area contributed by atoms with Crippen LogP contribution >= 0.6 is 0 Å².